The molecule has 104 valence electrons. The van der Waals surface area contributed by atoms with Crippen LogP contribution in [0, 0.1) is 0 Å². The topological polar surface area (TPSA) is 105 Å². The molecule has 2 rings (SSSR count). The number of carbonyl (C=O) groups excluding carboxylic acids is 1. The number of carbonyl (C=O) groups is 2. The molecule has 7 heteroatoms. The number of nitrogens with one attached hydrogen (secondary N) is 1. The van der Waals surface area contributed by atoms with Crippen molar-refractivity contribution >= 4 is 34.0 Å². The van der Waals surface area contributed by atoms with E-state index in [0.29, 0.717) is 23.4 Å². The Labute approximate surface area is 119 Å². The Balaban J connectivity index is 2.43. The van der Waals surface area contributed by atoms with Gasteiger partial charge in [-0.25, -0.2) is 9.78 Å². The van der Waals surface area contributed by atoms with E-state index in [1.165, 1.54) is 0 Å². The molecule has 0 bridgehead atoms. The number of aromatic nitrogens is 1. The van der Waals surface area contributed by atoms with Crippen LogP contribution in [0.3, 0.4) is 0 Å². The Morgan fingerprint density at radius 1 is 1.35 bits per heavy atom. The van der Waals surface area contributed by atoms with Crippen molar-refractivity contribution < 1.29 is 14.7 Å². The average Bonchev–Trinajstić information content (AvgIpc) is 2.83. The summed E-state index contributed by atoms with van der Waals surface area (Å²) in [5.74, 6) is -1.29. The van der Waals surface area contributed by atoms with Gasteiger partial charge < -0.3 is 16.2 Å². The van der Waals surface area contributed by atoms with Crippen LogP contribution in [0.5, 0.6) is 0 Å². The number of thiazole rings is 1. The van der Waals surface area contributed by atoms with Crippen LogP contribution < -0.4 is 11.1 Å². The molecule has 1 amide bonds. The summed E-state index contributed by atoms with van der Waals surface area (Å²) < 4.78 is 0. The lowest BCUT2D eigenvalue weighted by molar-refractivity contribution is -0.115. The van der Waals surface area contributed by atoms with Crippen molar-refractivity contribution in [2.45, 2.75) is 13.3 Å². The molecular weight excluding hydrogens is 278 g/mol. The Kier molecular flexibility index (Phi) is 3.99. The Morgan fingerprint density at radius 3 is 2.55 bits per heavy atom. The maximum absolute atomic E-state index is 11.3. The third-order valence-corrected chi connectivity index (χ3v) is 3.53. The SMILES string of the molecule is CCC(=O)Nc1nc(-c2ccc(N)cc2)c(C(=O)O)s1. The van der Waals surface area contributed by atoms with Gasteiger partial charge in [0.1, 0.15) is 4.88 Å². The van der Waals surface area contributed by atoms with Gasteiger partial charge in [0.2, 0.25) is 5.91 Å². The molecule has 1 aromatic heterocycles. The average molecular weight is 291 g/mol. The van der Waals surface area contributed by atoms with Crippen LogP contribution >= 0.6 is 11.3 Å². The van der Waals surface area contributed by atoms with Gasteiger partial charge in [0.25, 0.3) is 0 Å². The van der Waals surface area contributed by atoms with Gasteiger partial charge in [-0.05, 0) is 12.1 Å². The number of amides is 1. The number of nitrogen functional groups attached to an aromatic ring is 1. The first kappa shape index (κ1) is 14.0. The van der Waals surface area contributed by atoms with Gasteiger partial charge in [-0.2, -0.15) is 0 Å². The van der Waals surface area contributed by atoms with Crippen LogP contribution in [-0.4, -0.2) is 22.0 Å². The van der Waals surface area contributed by atoms with Crippen molar-refractivity contribution in [1.29, 1.82) is 0 Å². The van der Waals surface area contributed by atoms with E-state index in [-0.39, 0.29) is 15.9 Å². The number of benzene rings is 1. The minimum Gasteiger partial charge on any atom is -0.477 e. The summed E-state index contributed by atoms with van der Waals surface area (Å²) in [5.41, 5.74) is 7.16. The number of aromatic carboxylic acids is 1. The molecule has 0 atom stereocenters. The van der Waals surface area contributed by atoms with Gasteiger partial charge in [0.15, 0.2) is 5.13 Å². The second-order valence-electron chi connectivity index (χ2n) is 4.03. The first-order chi connectivity index (χ1) is 9.51. The molecule has 6 nitrogen and oxygen atoms in total. The summed E-state index contributed by atoms with van der Waals surface area (Å²) in [4.78, 5) is 26.9. The molecule has 4 N–H and O–H groups in total. The lowest BCUT2D eigenvalue weighted by atomic mass is 10.1. The van der Waals surface area contributed by atoms with E-state index in [2.05, 4.69) is 10.3 Å². The molecule has 1 aromatic carbocycles. The zero-order chi connectivity index (χ0) is 14.7. The maximum atomic E-state index is 11.3. The molecule has 0 spiro atoms. The van der Waals surface area contributed by atoms with Gasteiger partial charge in [0, 0.05) is 17.7 Å². The van der Waals surface area contributed by atoms with Crippen molar-refractivity contribution in [3.63, 3.8) is 0 Å². The van der Waals surface area contributed by atoms with Gasteiger partial charge in [-0.15, -0.1) is 0 Å². The second-order valence-corrected chi connectivity index (χ2v) is 5.02. The number of hydrogen-bond donors (Lipinski definition) is 3. The van der Waals surface area contributed by atoms with Crippen molar-refractivity contribution in [2.24, 2.45) is 0 Å². The van der Waals surface area contributed by atoms with E-state index in [0.717, 1.165) is 11.3 Å². The van der Waals surface area contributed by atoms with Crippen LogP contribution in [0.25, 0.3) is 11.3 Å². The van der Waals surface area contributed by atoms with Gasteiger partial charge in [0.05, 0.1) is 5.69 Å². The highest BCUT2D eigenvalue weighted by Gasteiger charge is 2.19. The zero-order valence-corrected chi connectivity index (χ0v) is 11.5. The fraction of sp³-hybridized carbons (Fsp3) is 0.154. The summed E-state index contributed by atoms with van der Waals surface area (Å²) in [7, 11) is 0. The van der Waals surface area contributed by atoms with E-state index in [1.54, 1.807) is 31.2 Å². The molecule has 0 radical (unpaired) electrons. The molecule has 0 fully saturated rings. The highest BCUT2D eigenvalue weighted by Crippen LogP contribution is 2.31. The first-order valence-corrected chi connectivity index (χ1v) is 6.72. The number of hydrogen-bond acceptors (Lipinski definition) is 5. The van der Waals surface area contributed by atoms with Crippen LogP contribution in [0.4, 0.5) is 10.8 Å². The van der Waals surface area contributed by atoms with E-state index in [9.17, 15) is 14.7 Å². The smallest absolute Gasteiger partial charge is 0.348 e. The predicted molar refractivity (Wildman–Crippen MR) is 77.8 cm³/mol. The van der Waals surface area contributed by atoms with Crippen molar-refractivity contribution in [3.05, 3.63) is 29.1 Å². The number of nitrogens with two attached hydrogens (primary N) is 1. The fourth-order valence-electron chi connectivity index (χ4n) is 1.56. The molecule has 0 unspecified atom stereocenters. The molecule has 0 aliphatic rings. The van der Waals surface area contributed by atoms with Crippen molar-refractivity contribution in [3.8, 4) is 11.3 Å². The lowest BCUT2D eigenvalue weighted by Gasteiger charge is -1.99. The van der Waals surface area contributed by atoms with E-state index < -0.39 is 5.97 Å². The highest BCUT2D eigenvalue weighted by molar-refractivity contribution is 7.18. The van der Waals surface area contributed by atoms with Crippen molar-refractivity contribution in [2.75, 3.05) is 11.1 Å². The van der Waals surface area contributed by atoms with Gasteiger partial charge in [-0.1, -0.05) is 30.4 Å². The Morgan fingerprint density at radius 2 is 2.00 bits per heavy atom. The molecule has 20 heavy (non-hydrogen) atoms. The molecule has 1 heterocycles. The maximum Gasteiger partial charge on any atom is 0.348 e. The minimum absolute atomic E-state index is 0.0844. The standard InChI is InChI=1S/C13H13N3O3S/c1-2-9(17)15-13-16-10(11(20-13)12(18)19)7-3-5-8(14)6-4-7/h3-6H,2,14H2,1H3,(H,18,19)(H,15,16,17). The first-order valence-electron chi connectivity index (χ1n) is 5.91. The quantitative estimate of drug-likeness (QED) is 0.750. The van der Waals surface area contributed by atoms with Gasteiger partial charge >= 0.3 is 5.97 Å². The third-order valence-electron chi connectivity index (χ3n) is 2.57. The number of carboxylic acid groups (broad SMARTS) is 1. The summed E-state index contributed by atoms with van der Waals surface area (Å²) >= 11 is 0.936. The minimum atomic E-state index is -1.08. The van der Waals surface area contributed by atoms with E-state index in [1.807, 2.05) is 0 Å². The van der Waals surface area contributed by atoms with Crippen LogP contribution in [0.2, 0.25) is 0 Å². The predicted octanol–water partition coefficient (Wildman–Crippen LogP) is 2.44. The van der Waals surface area contributed by atoms with Crippen LogP contribution in [0.1, 0.15) is 23.0 Å². The lowest BCUT2D eigenvalue weighted by Crippen LogP contribution is -2.08. The number of nitrogens with zero attached hydrogens (tertiary/aromatic N) is 1. The van der Waals surface area contributed by atoms with Gasteiger partial charge in [-0.3, -0.25) is 4.79 Å². The normalized spacial score (nSPS) is 10.2. The summed E-state index contributed by atoms with van der Waals surface area (Å²) in [6, 6.07) is 6.74. The van der Waals surface area contributed by atoms with E-state index >= 15 is 0 Å². The van der Waals surface area contributed by atoms with Crippen LogP contribution in [0.15, 0.2) is 24.3 Å². The second kappa shape index (κ2) is 5.70. The molecular formula is C13H13N3O3S. The molecule has 0 aliphatic carbocycles. The highest BCUT2D eigenvalue weighted by atomic mass is 32.1. The number of anilines is 2. The molecule has 2 aromatic rings. The largest absolute Gasteiger partial charge is 0.477 e. The summed E-state index contributed by atoms with van der Waals surface area (Å²) in [6.45, 7) is 1.71. The van der Waals surface area contributed by atoms with Crippen LogP contribution in [-0.2, 0) is 4.79 Å². The number of rotatable bonds is 4. The molecule has 0 saturated heterocycles. The van der Waals surface area contributed by atoms with Crippen molar-refractivity contribution in [1.82, 2.24) is 4.98 Å². The fourth-order valence-corrected chi connectivity index (χ4v) is 2.41. The monoisotopic (exact) mass is 291 g/mol. The van der Waals surface area contributed by atoms with E-state index in [4.69, 9.17) is 5.73 Å². The Hall–Kier alpha value is -2.41. The molecule has 0 aliphatic heterocycles. The Bertz CT molecular complexity index is 649. The third kappa shape index (κ3) is 2.94. The zero-order valence-electron chi connectivity index (χ0n) is 10.7. The number of carboxylic acids is 1. The molecule has 0 saturated carbocycles. The summed E-state index contributed by atoms with van der Waals surface area (Å²) in [6.07, 6.45) is 0.305. The summed E-state index contributed by atoms with van der Waals surface area (Å²) in [5, 5.41) is 12.1.